The first-order valence-corrected chi connectivity index (χ1v) is 15.5. The average molecular weight is 533 g/mol. The molecule has 0 N–H and O–H groups in total. The van der Waals surface area contributed by atoms with Gasteiger partial charge in [0.2, 0.25) is 5.69 Å². The Morgan fingerprint density at radius 3 is 2.23 bits per heavy atom. The molecule has 5 nitrogen and oxygen atoms in total. The number of carbonyl (C=O) groups is 1. The van der Waals surface area contributed by atoms with Crippen molar-refractivity contribution in [1.82, 2.24) is 0 Å². The highest BCUT2D eigenvalue weighted by Crippen LogP contribution is 2.43. The summed E-state index contributed by atoms with van der Waals surface area (Å²) >= 11 is 0. The minimum Gasteiger partial charge on any atom is -0.493 e. The number of hydrogen-bond donors (Lipinski definition) is 0. The first-order valence-electron chi connectivity index (χ1n) is 15.5. The van der Waals surface area contributed by atoms with E-state index in [0.29, 0.717) is 12.4 Å². The van der Waals surface area contributed by atoms with Gasteiger partial charge in [0.25, 0.3) is 0 Å². The molecule has 0 atom stereocenters. The van der Waals surface area contributed by atoms with E-state index in [1.807, 2.05) is 0 Å². The van der Waals surface area contributed by atoms with Crippen LogP contribution >= 0.6 is 0 Å². The van der Waals surface area contributed by atoms with Crippen molar-refractivity contribution in [2.24, 2.45) is 23.7 Å². The number of nitriles is 1. The maximum atomic E-state index is 13.0. The highest BCUT2D eigenvalue weighted by molar-refractivity contribution is 5.80. The highest BCUT2D eigenvalue weighted by Gasteiger charge is 2.34. The molecule has 39 heavy (non-hydrogen) atoms. The third-order valence-electron chi connectivity index (χ3n) is 8.85. The number of rotatable bonds is 14. The molecule has 1 aromatic rings. The molecule has 0 saturated heterocycles. The van der Waals surface area contributed by atoms with Crippen molar-refractivity contribution < 1.29 is 14.3 Å². The topological polar surface area (TPSA) is 63.7 Å². The summed E-state index contributed by atoms with van der Waals surface area (Å²) in [5.41, 5.74) is 0.200. The van der Waals surface area contributed by atoms with Gasteiger partial charge in [-0.25, -0.2) is 4.85 Å². The number of unbranched alkanes of at least 4 members (excludes halogenated alkanes) is 4. The lowest BCUT2D eigenvalue weighted by molar-refractivity contribution is -0.140. The molecular formula is C34H48N2O3. The second-order valence-electron chi connectivity index (χ2n) is 11.6. The number of ether oxygens (including phenoxy) is 2. The minimum atomic E-state index is -0.271. The van der Waals surface area contributed by atoms with Crippen LogP contribution in [0.1, 0.15) is 122 Å². The van der Waals surface area contributed by atoms with Crippen LogP contribution in [0.3, 0.4) is 0 Å². The van der Waals surface area contributed by atoms with Crippen LogP contribution in [0.25, 0.3) is 4.85 Å². The summed E-state index contributed by atoms with van der Waals surface area (Å²) in [5.74, 6) is 2.60. The Balaban J connectivity index is 1.48. The number of benzene rings is 1. The van der Waals surface area contributed by atoms with Crippen molar-refractivity contribution >= 4 is 11.7 Å². The molecule has 5 heteroatoms. The fourth-order valence-electron chi connectivity index (χ4n) is 6.42. The molecule has 0 spiro atoms. The second-order valence-corrected chi connectivity index (χ2v) is 11.6. The van der Waals surface area contributed by atoms with Gasteiger partial charge >= 0.3 is 5.97 Å². The third kappa shape index (κ3) is 9.42. The zero-order valence-electron chi connectivity index (χ0n) is 24.3. The van der Waals surface area contributed by atoms with Crippen molar-refractivity contribution in [2.45, 2.75) is 117 Å². The van der Waals surface area contributed by atoms with Gasteiger partial charge in [-0.05, 0) is 81.3 Å². The predicted molar refractivity (Wildman–Crippen MR) is 157 cm³/mol. The van der Waals surface area contributed by atoms with Crippen LogP contribution in [0.15, 0.2) is 24.3 Å². The SMILES string of the molecule is [C-]#[N+]c1c(OC(=O)C2CCC(C3CCC(CCCCC)CC3)CC2)ccc(OCCC=CCCCC)c1C#N. The molecule has 0 radical (unpaired) electrons. The van der Waals surface area contributed by atoms with Gasteiger partial charge in [-0.1, -0.05) is 77.4 Å². The highest BCUT2D eigenvalue weighted by atomic mass is 16.5. The van der Waals surface area contributed by atoms with E-state index in [2.05, 4.69) is 36.9 Å². The predicted octanol–water partition coefficient (Wildman–Crippen LogP) is 9.72. The van der Waals surface area contributed by atoms with Gasteiger partial charge in [0, 0.05) is 0 Å². The van der Waals surface area contributed by atoms with Crippen LogP contribution in [-0.4, -0.2) is 12.6 Å². The Morgan fingerprint density at radius 2 is 1.59 bits per heavy atom. The van der Waals surface area contributed by atoms with E-state index in [1.165, 1.54) is 64.2 Å². The van der Waals surface area contributed by atoms with Crippen LogP contribution in [-0.2, 0) is 4.79 Å². The molecule has 2 saturated carbocycles. The van der Waals surface area contributed by atoms with E-state index < -0.39 is 0 Å². The summed E-state index contributed by atoms with van der Waals surface area (Å²) in [4.78, 5) is 16.6. The molecule has 1 aromatic carbocycles. The van der Waals surface area contributed by atoms with Gasteiger partial charge in [-0.15, -0.1) is 0 Å². The van der Waals surface area contributed by atoms with Gasteiger partial charge < -0.3 is 9.47 Å². The molecule has 0 unspecified atom stereocenters. The van der Waals surface area contributed by atoms with Crippen molar-refractivity contribution in [1.29, 1.82) is 5.26 Å². The summed E-state index contributed by atoms with van der Waals surface area (Å²) < 4.78 is 11.5. The molecule has 2 fully saturated rings. The summed E-state index contributed by atoms with van der Waals surface area (Å²) in [7, 11) is 0. The maximum Gasteiger partial charge on any atom is 0.313 e. The maximum absolute atomic E-state index is 13.0. The molecule has 2 aliphatic carbocycles. The number of allylic oxidation sites excluding steroid dienone is 1. The Hall–Kier alpha value is -2.79. The molecule has 0 bridgehead atoms. The Bertz CT molecular complexity index is 1000. The molecule has 2 aliphatic rings. The zero-order valence-corrected chi connectivity index (χ0v) is 24.3. The van der Waals surface area contributed by atoms with Crippen LogP contribution in [0.2, 0.25) is 0 Å². The van der Waals surface area contributed by atoms with Crippen LogP contribution in [0.4, 0.5) is 5.69 Å². The van der Waals surface area contributed by atoms with E-state index in [4.69, 9.17) is 16.0 Å². The molecule has 0 amide bonds. The van der Waals surface area contributed by atoms with E-state index in [9.17, 15) is 10.1 Å². The van der Waals surface area contributed by atoms with Crippen LogP contribution < -0.4 is 9.47 Å². The summed E-state index contributed by atoms with van der Waals surface area (Å²) in [6, 6.07) is 5.33. The monoisotopic (exact) mass is 532 g/mol. The lowest BCUT2D eigenvalue weighted by Crippen LogP contribution is -2.30. The first kappa shape index (κ1) is 30.7. The van der Waals surface area contributed by atoms with Crippen molar-refractivity contribution in [3.63, 3.8) is 0 Å². The number of hydrogen-bond acceptors (Lipinski definition) is 4. The summed E-state index contributed by atoms with van der Waals surface area (Å²) in [6.07, 6.45) is 23.2. The Morgan fingerprint density at radius 1 is 0.949 bits per heavy atom. The molecule has 212 valence electrons. The minimum absolute atomic E-state index is 0.0613. The van der Waals surface area contributed by atoms with Crippen LogP contribution in [0.5, 0.6) is 11.5 Å². The van der Waals surface area contributed by atoms with Gasteiger partial charge in [0.1, 0.15) is 17.1 Å². The quantitative estimate of drug-likeness (QED) is 0.0786. The van der Waals surface area contributed by atoms with Crippen molar-refractivity contribution in [3.8, 4) is 17.6 Å². The van der Waals surface area contributed by atoms with E-state index in [1.54, 1.807) is 12.1 Å². The lowest BCUT2D eigenvalue weighted by Gasteiger charge is -2.37. The molecule has 0 heterocycles. The molecular weight excluding hydrogens is 484 g/mol. The zero-order chi connectivity index (χ0) is 27.9. The van der Waals surface area contributed by atoms with Gasteiger partial charge in [-0.2, -0.15) is 5.26 Å². The molecule has 0 aliphatic heterocycles. The standard InChI is InChI=1S/C34H48N2O3/c1-4-6-8-9-10-12-24-38-31-22-23-32(33(36-3)30(31)25-35)39-34(37)29-20-18-28(19-21-29)27-16-14-26(15-17-27)13-11-7-5-2/h9-10,22-23,26-29H,4-8,11-21,24H2,1-2H3. The average Bonchev–Trinajstić information content (AvgIpc) is 2.97. The van der Waals surface area contributed by atoms with Crippen molar-refractivity contribution in [3.05, 3.63) is 41.3 Å². The first-order chi connectivity index (χ1) is 19.1. The van der Waals surface area contributed by atoms with Crippen molar-refractivity contribution in [2.75, 3.05) is 6.61 Å². The number of carbonyl (C=O) groups excluding carboxylic acids is 1. The summed E-state index contributed by atoms with van der Waals surface area (Å²) in [6.45, 7) is 12.5. The normalized spacial score (nSPS) is 23.2. The van der Waals surface area contributed by atoms with Crippen LogP contribution in [0, 0.1) is 41.6 Å². The van der Waals surface area contributed by atoms with E-state index in [0.717, 1.165) is 56.3 Å². The lowest BCUT2D eigenvalue weighted by atomic mass is 9.68. The Kier molecular flexibility index (Phi) is 13.4. The van der Waals surface area contributed by atoms with E-state index >= 15 is 0 Å². The molecule has 0 aromatic heterocycles. The fraction of sp³-hybridized carbons (Fsp3) is 0.676. The fourth-order valence-corrected chi connectivity index (χ4v) is 6.42. The summed E-state index contributed by atoms with van der Waals surface area (Å²) in [5, 5.41) is 9.73. The molecule has 3 rings (SSSR count). The largest absolute Gasteiger partial charge is 0.493 e. The van der Waals surface area contributed by atoms with E-state index in [-0.39, 0.29) is 28.9 Å². The van der Waals surface area contributed by atoms with Gasteiger partial charge in [0.15, 0.2) is 0 Å². The number of nitrogens with zero attached hydrogens (tertiary/aromatic N) is 2. The van der Waals surface area contributed by atoms with Gasteiger partial charge in [0.05, 0.1) is 25.2 Å². The van der Waals surface area contributed by atoms with Gasteiger partial charge in [-0.3, -0.25) is 4.79 Å². The Labute approximate surface area is 236 Å². The third-order valence-corrected chi connectivity index (χ3v) is 8.85. The second kappa shape index (κ2) is 17.0. The smallest absolute Gasteiger partial charge is 0.313 e. The number of esters is 1.